The summed E-state index contributed by atoms with van der Waals surface area (Å²) in [6.07, 6.45) is 6.82. The number of carbonyl (C=O) groups is 1. The summed E-state index contributed by atoms with van der Waals surface area (Å²) in [6, 6.07) is 17.4. The Morgan fingerprint density at radius 3 is 2.57 bits per heavy atom. The molecule has 4 aromatic rings. The van der Waals surface area contributed by atoms with Gasteiger partial charge < -0.3 is 15.7 Å². The van der Waals surface area contributed by atoms with E-state index in [2.05, 4.69) is 11.6 Å². The average Bonchev–Trinajstić information content (AvgIpc) is 3.37. The minimum atomic E-state index is -1.13. The molecule has 4 atom stereocenters. The molecule has 2 aliphatic rings. The number of nitrogen functional groups attached to an aromatic ring is 1. The second-order valence-electron chi connectivity index (χ2n) is 9.63. The topological polar surface area (TPSA) is 96.8 Å². The minimum Gasteiger partial charge on any atom is -0.382 e. The molecule has 1 saturated heterocycles. The van der Waals surface area contributed by atoms with Crippen molar-refractivity contribution in [2.45, 2.75) is 37.5 Å². The van der Waals surface area contributed by atoms with E-state index in [1.165, 1.54) is 6.08 Å². The third-order valence-electron chi connectivity index (χ3n) is 7.50. The molecule has 1 amide bonds. The molecule has 7 heteroatoms. The Morgan fingerprint density at radius 2 is 1.86 bits per heavy atom. The number of imidazole rings is 1. The minimum absolute atomic E-state index is 0.0622. The van der Waals surface area contributed by atoms with Crippen molar-refractivity contribution in [2.75, 3.05) is 5.73 Å². The molecular weight excluding hydrogens is 438 g/mol. The number of carbonyl (C=O) groups excluding carboxylic acids is 1. The summed E-state index contributed by atoms with van der Waals surface area (Å²) < 4.78 is 1.96. The van der Waals surface area contributed by atoms with E-state index in [9.17, 15) is 9.90 Å². The van der Waals surface area contributed by atoms with Crippen molar-refractivity contribution < 1.29 is 9.90 Å². The van der Waals surface area contributed by atoms with Crippen LogP contribution in [0.15, 0.2) is 79.6 Å². The lowest BCUT2D eigenvalue weighted by molar-refractivity contribution is -0.128. The number of benzene rings is 2. The van der Waals surface area contributed by atoms with Crippen LogP contribution in [0, 0.1) is 5.92 Å². The molecule has 6 rings (SSSR count). The Balaban J connectivity index is 1.43. The van der Waals surface area contributed by atoms with Gasteiger partial charge in [-0.2, -0.15) is 0 Å². The van der Waals surface area contributed by atoms with Gasteiger partial charge in [0.05, 0.1) is 6.04 Å². The Kier molecular flexibility index (Phi) is 4.79. The van der Waals surface area contributed by atoms with Crippen LogP contribution in [0.3, 0.4) is 0 Å². The van der Waals surface area contributed by atoms with Gasteiger partial charge >= 0.3 is 0 Å². The molecule has 1 saturated carbocycles. The van der Waals surface area contributed by atoms with Gasteiger partial charge in [-0.05, 0) is 42.9 Å². The van der Waals surface area contributed by atoms with Crippen LogP contribution >= 0.6 is 0 Å². The van der Waals surface area contributed by atoms with Gasteiger partial charge in [0, 0.05) is 24.0 Å². The molecule has 2 fully saturated rings. The number of piperidine rings is 1. The Bertz CT molecular complexity index is 1440. The molecule has 0 bridgehead atoms. The predicted molar refractivity (Wildman–Crippen MR) is 134 cm³/mol. The normalized spacial score (nSPS) is 22.6. The highest BCUT2D eigenvalue weighted by atomic mass is 16.3. The monoisotopic (exact) mass is 465 g/mol. The fraction of sp³-hybridized carbons (Fsp3) is 0.250. The molecule has 7 nitrogen and oxygen atoms in total. The van der Waals surface area contributed by atoms with Crippen LogP contribution < -0.4 is 5.73 Å². The van der Waals surface area contributed by atoms with E-state index < -0.39 is 5.60 Å². The highest BCUT2D eigenvalue weighted by Gasteiger charge is 2.55. The van der Waals surface area contributed by atoms with Gasteiger partial charge in [0.2, 0.25) is 5.91 Å². The third-order valence-corrected chi connectivity index (χ3v) is 7.50. The first-order valence-corrected chi connectivity index (χ1v) is 11.9. The zero-order chi connectivity index (χ0) is 24.3. The maximum atomic E-state index is 12.7. The largest absolute Gasteiger partial charge is 0.382 e. The number of hydrogen-bond acceptors (Lipinski definition) is 5. The molecule has 2 aromatic carbocycles. The van der Waals surface area contributed by atoms with Gasteiger partial charge in [-0.3, -0.25) is 9.20 Å². The van der Waals surface area contributed by atoms with Gasteiger partial charge in [0.15, 0.2) is 0 Å². The predicted octanol–water partition coefficient (Wildman–Crippen LogP) is 4.08. The molecule has 0 radical (unpaired) electrons. The smallest absolute Gasteiger partial charge is 0.246 e. The maximum Gasteiger partial charge on any atom is 0.246 e. The standard InChI is InChI=1S/C28H27N5O2/c1-3-23(34)33-21-15-18(21)16-22(33)27-31-24(25-26(29)30-13-14-32(25)27)17-9-11-20(12-10-17)28(2,35)19-7-5-4-6-8-19/h3-14,18,21-22,35H,1,15-16H2,2H3,(H2,29,30). The number of nitrogens with two attached hydrogens (primary N) is 1. The van der Waals surface area contributed by atoms with Gasteiger partial charge in [-0.1, -0.05) is 61.2 Å². The number of amides is 1. The lowest BCUT2D eigenvalue weighted by Gasteiger charge is -2.25. The maximum absolute atomic E-state index is 12.7. The van der Waals surface area contributed by atoms with E-state index in [4.69, 9.17) is 10.7 Å². The van der Waals surface area contributed by atoms with Gasteiger partial charge in [0.25, 0.3) is 0 Å². The van der Waals surface area contributed by atoms with E-state index in [-0.39, 0.29) is 18.0 Å². The van der Waals surface area contributed by atoms with E-state index in [0.717, 1.165) is 40.9 Å². The van der Waals surface area contributed by atoms with Crippen LogP contribution in [0.2, 0.25) is 0 Å². The van der Waals surface area contributed by atoms with Crippen molar-refractivity contribution in [1.29, 1.82) is 0 Å². The van der Waals surface area contributed by atoms with Crippen LogP contribution in [0.4, 0.5) is 5.82 Å². The van der Waals surface area contributed by atoms with Crippen molar-refractivity contribution in [2.24, 2.45) is 5.92 Å². The SMILES string of the molecule is C=CC(=O)N1C(c2nc(-c3ccc(C(C)(O)c4ccccc4)cc3)c3c(N)nccn23)CC2CC21. The molecule has 3 heterocycles. The Labute approximate surface area is 203 Å². The molecule has 176 valence electrons. The van der Waals surface area contributed by atoms with Crippen LogP contribution in [-0.2, 0) is 10.4 Å². The van der Waals surface area contributed by atoms with E-state index >= 15 is 0 Å². The number of anilines is 1. The van der Waals surface area contributed by atoms with Crippen LogP contribution in [0.1, 0.15) is 42.8 Å². The Hall–Kier alpha value is -3.97. The molecule has 3 N–H and O–H groups in total. The fourth-order valence-corrected chi connectivity index (χ4v) is 5.51. The number of aliphatic hydroxyl groups is 1. The van der Waals surface area contributed by atoms with Gasteiger partial charge in [-0.25, -0.2) is 9.97 Å². The highest BCUT2D eigenvalue weighted by molar-refractivity contribution is 5.89. The lowest BCUT2D eigenvalue weighted by Crippen LogP contribution is -2.33. The first-order valence-electron chi connectivity index (χ1n) is 11.9. The van der Waals surface area contributed by atoms with Crippen molar-refractivity contribution in [3.05, 3.63) is 96.6 Å². The summed E-state index contributed by atoms with van der Waals surface area (Å²) in [5.74, 6) is 1.62. The zero-order valence-electron chi connectivity index (χ0n) is 19.5. The first kappa shape index (κ1) is 21.6. The van der Waals surface area contributed by atoms with Crippen molar-refractivity contribution in [1.82, 2.24) is 19.3 Å². The van der Waals surface area contributed by atoms with Gasteiger partial charge in [-0.15, -0.1) is 0 Å². The third kappa shape index (κ3) is 3.34. The summed E-state index contributed by atoms with van der Waals surface area (Å²) in [4.78, 5) is 23.9. The van der Waals surface area contributed by atoms with Crippen LogP contribution in [0.25, 0.3) is 16.8 Å². The summed E-state index contributed by atoms with van der Waals surface area (Å²) in [5.41, 5.74) is 9.10. The number of aromatic nitrogens is 3. The number of hydrogen-bond donors (Lipinski definition) is 2. The second kappa shape index (κ2) is 7.78. The quantitative estimate of drug-likeness (QED) is 0.433. The van der Waals surface area contributed by atoms with Crippen molar-refractivity contribution in [3.8, 4) is 11.3 Å². The van der Waals surface area contributed by atoms with Gasteiger partial charge in [0.1, 0.15) is 28.5 Å². The molecule has 0 spiro atoms. The van der Waals surface area contributed by atoms with E-state index in [1.54, 1.807) is 13.1 Å². The molecular formula is C28H27N5O2. The number of fused-ring (bicyclic) bond motifs is 2. The summed E-state index contributed by atoms with van der Waals surface area (Å²) in [6.45, 7) is 5.49. The van der Waals surface area contributed by atoms with E-state index in [0.29, 0.717) is 17.4 Å². The van der Waals surface area contributed by atoms with Crippen molar-refractivity contribution in [3.63, 3.8) is 0 Å². The molecule has 1 aliphatic heterocycles. The second-order valence-corrected chi connectivity index (χ2v) is 9.63. The first-order chi connectivity index (χ1) is 16.9. The van der Waals surface area contributed by atoms with E-state index in [1.807, 2.05) is 70.1 Å². The summed E-state index contributed by atoms with van der Waals surface area (Å²) in [5, 5.41) is 11.2. The van der Waals surface area contributed by atoms with Crippen molar-refractivity contribution >= 4 is 17.2 Å². The van der Waals surface area contributed by atoms with Crippen LogP contribution in [0.5, 0.6) is 0 Å². The molecule has 2 aromatic heterocycles. The molecule has 35 heavy (non-hydrogen) atoms. The lowest BCUT2D eigenvalue weighted by atomic mass is 9.87. The zero-order valence-corrected chi connectivity index (χ0v) is 19.5. The number of nitrogens with zero attached hydrogens (tertiary/aromatic N) is 4. The molecule has 1 aliphatic carbocycles. The fourth-order valence-electron chi connectivity index (χ4n) is 5.51. The Morgan fingerprint density at radius 1 is 1.14 bits per heavy atom. The average molecular weight is 466 g/mol. The summed E-state index contributed by atoms with van der Waals surface area (Å²) in [7, 11) is 0. The molecule has 4 unspecified atom stereocenters. The number of likely N-dealkylation sites (tertiary alicyclic amines) is 1. The number of rotatable bonds is 5. The highest BCUT2D eigenvalue weighted by Crippen LogP contribution is 2.53. The van der Waals surface area contributed by atoms with Crippen LogP contribution in [-0.4, -0.2) is 36.3 Å². The summed E-state index contributed by atoms with van der Waals surface area (Å²) >= 11 is 0.